The maximum atomic E-state index is 12.7. The third-order valence-electron chi connectivity index (χ3n) is 5.37. The molecular formula is C24H24N2O3S. The molecule has 0 radical (unpaired) electrons. The molecule has 154 valence electrons. The van der Waals surface area contributed by atoms with Crippen molar-refractivity contribution >= 4 is 27.3 Å². The Bertz CT molecular complexity index is 1160. The third-order valence-corrected chi connectivity index (χ3v) is 7.15. The predicted octanol–water partition coefficient (Wildman–Crippen LogP) is 4.71. The maximum absolute atomic E-state index is 12.7. The van der Waals surface area contributed by atoms with Gasteiger partial charge in [-0.3, -0.25) is 9.10 Å². The number of nitrogens with one attached hydrogen (secondary N) is 1. The first-order valence-corrected chi connectivity index (χ1v) is 11.7. The van der Waals surface area contributed by atoms with Crippen LogP contribution in [0.1, 0.15) is 29.3 Å². The molecule has 0 saturated heterocycles. The molecule has 3 aromatic rings. The highest BCUT2D eigenvalue weighted by Gasteiger charge is 2.26. The van der Waals surface area contributed by atoms with Crippen LogP contribution in [0.25, 0.3) is 11.1 Å². The van der Waals surface area contributed by atoms with E-state index < -0.39 is 10.0 Å². The Balaban J connectivity index is 1.55. The van der Waals surface area contributed by atoms with Crippen LogP contribution in [0.2, 0.25) is 0 Å². The molecule has 3 aromatic carbocycles. The second-order valence-corrected chi connectivity index (χ2v) is 9.50. The van der Waals surface area contributed by atoms with E-state index in [1.807, 2.05) is 54.6 Å². The van der Waals surface area contributed by atoms with Crippen molar-refractivity contribution in [3.8, 4) is 11.1 Å². The zero-order chi connectivity index (χ0) is 21.1. The number of amides is 1. The topological polar surface area (TPSA) is 66.5 Å². The SMILES string of the molecule is CCS(=O)(=O)N1CCCc2ccc(NC(=O)c3ccc(-c4ccccc4)cc3)cc21. The van der Waals surface area contributed by atoms with Crippen LogP contribution in [0, 0.1) is 0 Å². The van der Waals surface area contributed by atoms with Crippen LogP contribution in [-0.2, 0) is 16.4 Å². The summed E-state index contributed by atoms with van der Waals surface area (Å²) in [5.74, 6) is -0.174. The molecule has 0 saturated carbocycles. The lowest BCUT2D eigenvalue weighted by Gasteiger charge is -2.30. The van der Waals surface area contributed by atoms with Gasteiger partial charge in [-0.1, -0.05) is 48.5 Å². The Kier molecular flexibility index (Phi) is 5.59. The fourth-order valence-corrected chi connectivity index (χ4v) is 4.90. The number of anilines is 2. The van der Waals surface area contributed by atoms with Gasteiger partial charge in [0, 0.05) is 17.8 Å². The van der Waals surface area contributed by atoms with Crippen LogP contribution in [0.4, 0.5) is 11.4 Å². The molecule has 1 amide bonds. The van der Waals surface area contributed by atoms with E-state index in [-0.39, 0.29) is 11.7 Å². The highest BCUT2D eigenvalue weighted by molar-refractivity contribution is 7.92. The molecule has 0 atom stereocenters. The summed E-state index contributed by atoms with van der Waals surface area (Å²) in [5.41, 5.74) is 4.93. The number of hydrogen-bond acceptors (Lipinski definition) is 3. The summed E-state index contributed by atoms with van der Waals surface area (Å²) in [6.45, 7) is 2.12. The monoisotopic (exact) mass is 420 g/mol. The van der Waals surface area contributed by atoms with E-state index in [0.717, 1.165) is 29.5 Å². The fourth-order valence-electron chi connectivity index (χ4n) is 3.71. The summed E-state index contributed by atoms with van der Waals surface area (Å²) in [4.78, 5) is 12.7. The van der Waals surface area contributed by atoms with Crippen LogP contribution in [0.3, 0.4) is 0 Å². The average Bonchev–Trinajstić information content (AvgIpc) is 2.79. The van der Waals surface area contributed by atoms with Crippen molar-refractivity contribution < 1.29 is 13.2 Å². The molecule has 5 nitrogen and oxygen atoms in total. The van der Waals surface area contributed by atoms with E-state index in [4.69, 9.17) is 0 Å². The Morgan fingerprint density at radius 2 is 1.67 bits per heavy atom. The normalized spacial score (nSPS) is 13.6. The molecule has 1 N–H and O–H groups in total. The minimum atomic E-state index is -3.34. The third kappa shape index (κ3) is 4.09. The van der Waals surface area contributed by atoms with Gasteiger partial charge in [0.15, 0.2) is 0 Å². The Hall–Kier alpha value is -3.12. The van der Waals surface area contributed by atoms with Gasteiger partial charge >= 0.3 is 0 Å². The molecule has 0 aromatic heterocycles. The standard InChI is InChI=1S/C24H24N2O3S/c1-2-30(28,29)26-16-6-9-20-14-15-22(17-23(20)26)25-24(27)21-12-10-19(11-13-21)18-7-4-3-5-8-18/h3-5,7-8,10-15,17H,2,6,9,16H2,1H3,(H,25,27). The fraction of sp³-hybridized carbons (Fsp3) is 0.208. The van der Waals surface area contributed by atoms with E-state index in [9.17, 15) is 13.2 Å². The molecule has 6 heteroatoms. The quantitative estimate of drug-likeness (QED) is 0.650. The summed E-state index contributed by atoms with van der Waals surface area (Å²) >= 11 is 0. The lowest BCUT2D eigenvalue weighted by atomic mass is 10.0. The molecule has 0 unspecified atom stereocenters. The van der Waals surface area contributed by atoms with Crippen LogP contribution in [0.5, 0.6) is 0 Å². The van der Waals surface area contributed by atoms with E-state index in [2.05, 4.69) is 5.32 Å². The lowest BCUT2D eigenvalue weighted by Crippen LogP contribution is -2.36. The van der Waals surface area contributed by atoms with Gasteiger partial charge in [-0.05, 0) is 60.7 Å². The Morgan fingerprint density at radius 3 is 2.37 bits per heavy atom. The minimum absolute atomic E-state index is 0.0524. The number of fused-ring (bicyclic) bond motifs is 1. The zero-order valence-corrected chi connectivity index (χ0v) is 17.7. The summed E-state index contributed by atoms with van der Waals surface area (Å²) in [6, 6.07) is 22.9. The van der Waals surface area contributed by atoms with E-state index >= 15 is 0 Å². The van der Waals surface area contributed by atoms with E-state index in [1.54, 1.807) is 25.1 Å². The highest BCUT2D eigenvalue weighted by atomic mass is 32.2. The first kappa shape index (κ1) is 20.2. The number of hydrogen-bond donors (Lipinski definition) is 1. The first-order chi connectivity index (χ1) is 14.5. The molecule has 1 aliphatic rings. The zero-order valence-electron chi connectivity index (χ0n) is 16.8. The van der Waals surface area contributed by atoms with Crippen molar-refractivity contribution in [3.63, 3.8) is 0 Å². The van der Waals surface area contributed by atoms with Gasteiger partial charge in [0.25, 0.3) is 5.91 Å². The summed E-state index contributed by atoms with van der Waals surface area (Å²) < 4.78 is 26.4. The van der Waals surface area contributed by atoms with Crippen LogP contribution >= 0.6 is 0 Å². The van der Waals surface area contributed by atoms with Crippen molar-refractivity contribution in [1.29, 1.82) is 0 Å². The van der Waals surface area contributed by atoms with Crippen molar-refractivity contribution in [1.82, 2.24) is 0 Å². The van der Waals surface area contributed by atoms with Crippen LogP contribution < -0.4 is 9.62 Å². The second-order valence-electron chi connectivity index (χ2n) is 7.32. The molecule has 4 rings (SSSR count). The molecular weight excluding hydrogens is 396 g/mol. The van der Waals surface area contributed by atoms with Gasteiger partial charge in [0.2, 0.25) is 10.0 Å². The maximum Gasteiger partial charge on any atom is 0.255 e. The van der Waals surface area contributed by atoms with Crippen molar-refractivity contribution in [2.75, 3.05) is 21.9 Å². The number of nitrogens with zero attached hydrogens (tertiary/aromatic N) is 1. The second kappa shape index (κ2) is 8.32. The number of aryl methyl sites for hydroxylation is 1. The highest BCUT2D eigenvalue weighted by Crippen LogP contribution is 2.32. The molecule has 0 aliphatic carbocycles. The van der Waals surface area contributed by atoms with Crippen molar-refractivity contribution in [3.05, 3.63) is 83.9 Å². The minimum Gasteiger partial charge on any atom is -0.322 e. The molecule has 0 bridgehead atoms. The van der Waals surface area contributed by atoms with Gasteiger partial charge in [0.05, 0.1) is 11.4 Å². The molecule has 0 spiro atoms. The van der Waals surface area contributed by atoms with E-state index in [1.165, 1.54) is 4.31 Å². The number of carbonyl (C=O) groups excluding carboxylic acids is 1. The largest absolute Gasteiger partial charge is 0.322 e. The molecule has 0 fully saturated rings. The number of carbonyl (C=O) groups is 1. The Morgan fingerprint density at radius 1 is 0.967 bits per heavy atom. The van der Waals surface area contributed by atoms with Crippen molar-refractivity contribution in [2.24, 2.45) is 0 Å². The Labute approximate surface area is 177 Å². The van der Waals surface area contributed by atoms with Gasteiger partial charge in [-0.2, -0.15) is 0 Å². The summed E-state index contributed by atoms with van der Waals surface area (Å²) in [6.07, 6.45) is 1.63. The summed E-state index contributed by atoms with van der Waals surface area (Å²) in [5, 5.41) is 2.90. The summed E-state index contributed by atoms with van der Waals surface area (Å²) in [7, 11) is -3.34. The molecule has 1 heterocycles. The number of benzene rings is 3. The van der Waals surface area contributed by atoms with E-state index in [0.29, 0.717) is 23.5 Å². The van der Waals surface area contributed by atoms with Gasteiger partial charge < -0.3 is 5.32 Å². The number of sulfonamides is 1. The van der Waals surface area contributed by atoms with Crippen LogP contribution in [-0.4, -0.2) is 26.6 Å². The lowest BCUT2D eigenvalue weighted by molar-refractivity contribution is 0.102. The average molecular weight is 421 g/mol. The van der Waals surface area contributed by atoms with Gasteiger partial charge in [-0.15, -0.1) is 0 Å². The van der Waals surface area contributed by atoms with Gasteiger partial charge in [-0.25, -0.2) is 8.42 Å². The molecule has 1 aliphatic heterocycles. The number of rotatable bonds is 5. The van der Waals surface area contributed by atoms with Crippen molar-refractivity contribution in [2.45, 2.75) is 19.8 Å². The first-order valence-electron chi connectivity index (χ1n) is 10.1. The predicted molar refractivity (Wildman–Crippen MR) is 121 cm³/mol. The molecule has 30 heavy (non-hydrogen) atoms. The smallest absolute Gasteiger partial charge is 0.255 e. The van der Waals surface area contributed by atoms with Crippen LogP contribution in [0.15, 0.2) is 72.8 Å². The van der Waals surface area contributed by atoms with Gasteiger partial charge in [0.1, 0.15) is 0 Å².